The number of benzene rings is 2. The van der Waals surface area contributed by atoms with E-state index in [2.05, 4.69) is 39.5 Å². The molecule has 1 amide bonds. The molecule has 1 fully saturated rings. The fraction of sp³-hybridized carbons (Fsp3) is 0.280. The minimum Gasteiger partial charge on any atom is -0.432 e. The van der Waals surface area contributed by atoms with Crippen LogP contribution < -0.4 is 5.32 Å². The van der Waals surface area contributed by atoms with Gasteiger partial charge >= 0.3 is 5.91 Å². The average molecular weight is 437 g/mol. The van der Waals surface area contributed by atoms with Crippen LogP contribution in [0.5, 0.6) is 0 Å². The van der Waals surface area contributed by atoms with Crippen LogP contribution >= 0.6 is 0 Å². The number of likely N-dealkylation sites (tertiary alicyclic amines) is 1. The Balaban J connectivity index is 1.22. The van der Waals surface area contributed by atoms with Gasteiger partial charge in [-0.2, -0.15) is 0 Å². The van der Waals surface area contributed by atoms with E-state index in [1.54, 1.807) is 0 Å². The number of hydrogen-bond donors (Lipinski definition) is 1. The molecule has 3 aromatic rings. The molecule has 1 aliphatic heterocycles. The minimum atomic E-state index is -0.765. The first-order valence-corrected chi connectivity index (χ1v) is 10.7. The van der Waals surface area contributed by atoms with Crippen molar-refractivity contribution < 1.29 is 18.0 Å². The Morgan fingerprint density at radius 2 is 1.94 bits per heavy atom. The summed E-state index contributed by atoms with van der Waals surface area (Å²) in [5.41, 5.74) is 1.26. The first kappa shape index (κ1) is 21.9. The van der Waals surface area contributed by atoms with Gasteiger partial charge in [-0.25, -0.2) is 13.8 Å². The maximum atomic E-state index is 13.9. The summed E-state index contributed by atoms with van der Waals surface area (Å²) in [5.74, 6) is -1.54. The molecule has 0 spiro atoms. The quantitative estimate of drug-likeness (QED) is 0.578. The second-order valence-corrected chi connectivity index (χ2v) is 7.92. The number of halogens is 2. The van der Waals surface area contributed by atoms with Crippen molar-refractivity contribution in [2.45, 2.75) is 12.8 Å². The molecule has 2 heterocycles. The van der Waals surface area contributed by atoms with Gasteiger partial charge in [-0.1, -0.05) is 42.5 Å². The van der Waals surface area contributed by atoms with E-state index in [9.17, 15) is 13.6 Å². The molecule has 0 atom stereocenters. The Labute approximate surface area is 185 Å². The van der Waals surface area contributed by atoms with Crippen molar-refractivity contribution in [2.75, 3.05) is 26.2 Å². The summed E-state index contributed by atoms with van der Waals surface area (Å²) in [6, 6.07) is 13.4. The zero-order chi connectivity index (χ0) is 22.3. The number of nitrogens with zero attached hydrogens (tertiary/aromatic N) is 2. The lowest BCUT2D eigenvalue weighted by atomic mass is 9.97. The van der Waals surface area contributed by atoms with Gasteiger partial charge < -0.3 is 9.73 Å². The van der Waals surface area contributed by atoms with Gasteiger partial charge in [0, 0.05) is 19.2 Å². The van der Waals surface area contributed by atoms with Crippen LogP contribution in [0.25, 0.3) is 17.4 Å². The number of rotatable bonds is 7. The Bertz CT molecular complexity index is 1070. The second kappa shape index (κ2) is 10.3. The summed E-state index contributed by atoms with van der Waals surface area (Å²) < 4.78 is 32.4. The van der Waals surface area contributed by atoms with E-state index in [1.165, 1.54) is 17.8 Å². The molecule has 5 nitrogen and oxygen atoms in total. The zero-order valence-electron chi connectivity index (χ0n) is 17.6. The number of nitrogens with one attached hydrogen (secondary N) is 1. The summed E-state index contributed by atoms with van der Waals surface area (Å²) in [6.07, 6.45) is 7.58. The molecule has 0 unspecified atom stereocenters. The lowest BCUT2D eigenvalue weighted by Gasteiger charge is -2.31. The fourth-order valence-electron chi connectivity index (χ4n) is 3.78. The largest absolute Gasteiger partial charge is 0.432 e. The van der Waals surface area contributed by atoms with Crippen LogP contribution in [-0.4, -0.2) is 42.0 Å². The van der Waals surface area contributed by atoms with E-state index in [0.29, 0.717) is 12.5 Å². The van der Waals surface area contributed by atoms with Crippen LogP contribution in [0.2, 0.25) is 0 Å². The van der Waals surface area contributed by atoms with Crippen LogP contribution in [0.1, 0.15) is 29.1 Å². The highest BCUT2D eigenvalue weighted by atomic mass is 19.1. The lowest BCUT2D eigenvalue weighted by molar-refractivity contribution is 0.0904. The molecule has 0 aliphatic carbocycles. The summed E-state index contributed by atoms with van der Waals surface area (Å²) in [4.78, 5) is 18.7. The fourth-order valence-corrected chi connectivity index (χ4v) is 3.78. The third kappa shape index (κ3) is 5.68. The topological polar surface area (TPSA) is 58.4 Å². The molecule has 0 bridgehead atoms. The molecular weight excluding hydrogens is 412 g/mol. The Hall–Kier alpha value is -3.32. The zero-order valence-corrected chi connectivity index (χ0v) is 17.6. The molecule has 1 aliphatic rings. The van der Waals surface area contributed by atoms with Gasteiger partial charge in [0.2, 0.25) is 0 Å². The van der Waals surface area contributed by atoms with Gasteiger partial charge in [0.1, 0.15) is 11.6 Å². The van der Waals surface area contributed by atoms with Crippen molar-refractivity contribution in [3.63, 3.8) is 0 Å². The molecule has 1 N–H and O–H groups in total. The minimum absolute atomic E-state index is 0.0617. The van der Waals surface area contributed by atoms with Gasteiger partial charge in [-0.05, 0) is 49.5 Å². The number of aromatic nitrogens is 1. The van der Waals surface area contributed by atoms with Crippen molar-refractivity contribution >= 4 is 12.0 Å². The summed E-state index contributed by atoms with van der Waals surface area (Å²) >= 11 is 0. The monoisotopic (exact) mass is 437 g/mol. The summed E-state index contributed by atoms with van der Waals surface area (Å²) in [5, 5.41) is 2.86. The third-order valence-electron chi connectivity index (χ3n) is 5.63. The van der Waals surface area contributed by atoms with Gasteiger partial charge in [0.05, 0.1) is 11.8 Å². The van der Waals surface area contributed by atoms with Crippen LogP contribution in [-0.2, 0) is 0 Å². The van der Waals surface area contributed by atoms with Gasteiger partial charge in [-0.15, -0.1) is 0 Å². The van der Waals surface area contributed by atoms with Crippen molar-refractivity contribution in [3.8, 4) is 11.3 Å². The molecule has 0 radical (unpaired) electrons. The third-order valence-corrected chi connectivity index (χ3v) is 5.63. The van der Waals surface area contributed by atoms with Gasteiger partial charge in [0.25, 0.3) is 5.89 Å². The van der Waals surface area contributed by atoms with E-state index >= 15 is 0 Å². The number of hydrogen-bond acceptors (Lipinski definition) is 4. The predicted molar refractivity (Wildman–Crippen MR) is 119 cm³/mol. The Morgan fingerprint density at radius 1 is 1.16 bits per heavy atom. The van der Waals surface area contributed by atoms with Crippen molar-refractivity contribution in [1.82, 2.24) is 15.2 Å². The molecule has 4 rings (SSSR count). The van der Waals surface area contributed by atoms with Crippen LogP contribution in [0.3, 0.4) is 0 Å². The standard InChI is InChI=1S/C25H25F2N3O2/c26-20-8-9-21(22(27)15-20)23-17-29-25(32-23)24(31)28-16-19-10-13-30(14-11-19)12-4-7-18-5-2-1-3-6-18/h1-9,15,17,19H,10-14,16H2,(H,28,31). The number of oxazole rings is 1. The molecule has 2 aromatic carbocycles. The molecule has 1 saturated heterocycles. The average Bonchev–Trinajstić information content (AvgIpc) is 3.29. The molecule has 32 heavy (non-hydrogen) atoms. The molecule has 1 aromatic heterocycles. The molecule has 166 valence electrons. The number of carbonyl (C=O) groups is 1. The highest BCUT2D eigenvalue weighted by molar-refractivity contribution is 5.90. The maximum absolute atomic E-state index is 13.9. The first-order valence-electron chi connectivity index (χ1n) is 10.7. The van der Waals surface area contributed by atoms with E-state index in [1.807, 2.05) is 18.2 Å². The van der Waals surface area contributed by atoms with E-state index in [4.69, 9.17) is 4.42 Å². The summed E-state index contributed by atoms with van der Waals surface area (Å²) in [7, 11) is 0. The Morgan fingerprint density at radius 3 is 2.69 bits per heavy atom. The van der Waals surface area contributed by atoms with E-state index in [0.717, 1.165) is 44.6 Å². The maximum Gasteiger partial charge on any atom is 0.307 e. The first-order chi connectivity index (χ1) is 15.6. The number of carbonyl (C=O) groups excluding carboxylic acids is 1. The normalized spacial score (nSPS) is 15.3. The van der Waals surface area contributed by atoms with Crippen molar-refractivity contribution in [1.29, 1.82) is 0 Å². The SMILES string of the molecule is O=C(NCC1CCN(CC=Cc2ccccc2)CC1)c1ncc(-c2ccc(F)cc2F)o1. The Kier molecular flexibility index (Phi) is 7.07. The van der Waals surface area contributed by atoms with Crippen molar-refractivity contribution in [3.05, 3.63) is 83.9 Å². The lowest BCUT2D eigenvalue weighted by Crippen LogP contribution is -2.38. The highest BCUT2D eigenvalue weighted by Gasteiger charge is 2.21. The molecule has 0 saturated carbocycles. The van der Waals surface area contributed by atoms with Crippen molar-refractivity contribution in [2.24, 2.45) is 5.92 Å². The van der Waals surface area contributed by atoms with E-state index < -0.39 is 17.5 Å². The highest BCUT2D eigenvalue weighted by Crippen LogP contribution is 2.24. The van der Waals surface area contributed by atoms with Gasteiger partial charge in [0.15, 0.2) is 5.76 Å². The van der Waals surface area contributed by atoms with E-state index in [-0.39, 0.29) is 17.2 Å². The van der Waals surface area contributed by atoms with Crippen LogP contribution in [0.4, 0.5) is 8.78 Å². The van der Waals surface area contributed by atoms with Gasteiger partial charge in [-0.3, -0.25) is 9.69 Å². The van der Waals surface area contributed by atoms with Crippen LogP contribution in [0.15, 0.2) is 65.2 Å². The summed E-state index contributed by atoms with van der Waals surface area (Å²) in [6.45, 7) is 3.40. The smallest absolute Gasteiger partial charge is 0.307 e. The predicted octanol–water partition coefficient (Wildman–Crippen LogP) is 4.78. The second-order valence-electron chi connectivity index (χ2n) is 7.92. The molecular formula is C25H25F2N3O2. The molecule has 7 heteroatoms. The number of amides is 1. The number of piperidine rings is 1. The van der Waals surface area contributed by atoms with Crippen LogP contribution in [0, 0.1) is 17.6 Å².